The zero-order valence-corrected chi connectivity index (χ0v) is 8.42. The smallest absolute Gasteiger partial charge is 0.298 e. The Labute approximate surface area is 60.6 Å². The predicted octanol–water partition coefficient (Wildman–Crippen LogP) is -0.829. The van der Waals surface area contributed by atoms with E-state index in [9.17, 15) is 0 Å². The molecule has 0 aliphatic carbocycles. The molecule has 0 saturated heterocycles. The SMILES string of the molecule is [CH3][Al][N]([AlH])[AlH][CH3]. The monoisotopic (exact) mass is 127 g/mol. The van der Waals surface area contributed by atoms with Crippen LogP contribution in [0.1, 0.15) is 0 Å². The Kier molecular flexibility index (Phi) is 5.93. The molecule has 1 nitrogen and oxygen atoms in total. The molecule has 0 aliphatic heterocycles. The van der Waals surface area contributed by atoms with Crippen molar-refractivity contribution in [3.8, 4) is 0 Å². The lowest BCUT2D eigenvalue weighted by Crippen LogP contribution is -2.24. The molecule has 0 unspecified atom stereocenters. The van der Waals surface area contributed by atoms with Gasteiger partial charge in [0, 0.05) is 0 Å². The highest BCUT2D eigenvalue weighted by Crippen LogP contribution is 1.66. The molecule has 0 N–H and O–H groups in total. The van der Waals surface area contributed by atoms with E-state index in [0.29, 0.717) is 15.4 Å². The summed E-state index contributed by atoms with van der Waals surface area (Å²) in [4.78, 5) is 0. The number of rotatable bonds is 2. The van der Waals surface area contributed by atoms with Gasteiger partial charge in [-0.25, -0.2) is 0 Å². The summed E-state index contributed by atoms with van der Waals surface area (Å²) in [5.41, 5.74) is 0. The van der Waals surface area contributed by atoms with E-state index in [1.165, 1.54) is 0 Å². The second-order valence-electron chi connectivity index (χ2n) is 1.16. The fraction of sp³-hybridized carbons (Fsp3) is 1.00. The van der Waals surface area contributed by atoms with Gasteiger partial charge in [0.25, 0.3) is 30.9 Å². The third kappa shape index (κ3) is 3.74. The average Bonchev–Trinajstić information content (AvgIpc) is 1.65. The number of hydrogen-bond donors (Lipinski definition) is 0. The molecule has 0 atom stereocenters. The van der Waals surface area contributed by atoms with Crippen LogP contribution in [0.25, 0.3) is 0 Å². The van der Waals surface area contributed by atoms with Crippen LogP contribution in [0.2, 0.25) is 11.6 Å². The van der Waals surface area contributed by atoms with Gasteiger partial charge in [-0.2, -0.15) is 0 Å². The van der Waals surface area contributed by atoms with Gasteiger partial charge in [0.05, 0.1) is 0 Å². The van der Waals surface area contributed by atoms with Crippen molar-refractivity contribution in [2.24, 2.45) is 0 Å². The van der Waals surface area contributed by atoms with Crippen molar-refractivity contribution >= 4 is 47.4 Å². The molecule has 2 radical (unpaired) electrons. The van der Waals surface area contributed by atoms with Crippen LogP contribution in [-0.2, 0) is 0 Å². The summed E-state index contributed by atoms with van der Waals surface area (Å²) in [6, 6.07) is 0. The van der Waals surface area contributed by atoms with Crippen molar-refractivity contribution in [2.45, 2.75) is 11.6 Å². The van der Waals surface area contributed by atoms with Gasteiger partial charge in [-0.15, -0.1) is 5.79 Å². The molecule has 30 valence electrons. The molecule has 0 aliphatic rings. The zero-order valence-electron chi connectivity index (χ0n) is 4.44. The Balaban J connectivity index is 2.75. The van der Waals surface area contributed by atoms with Crippen LogP contribution in [0.4, 0.5) is 0 Å². The van der Waals surface area contributed by atoms with Gasteiger partial charge < -0.3 is 1.85 Å². The number of hydrogen-bond acceptors (Lipinski definition) is 1. The van der Waals surface area contributed by atoms with Crippen LogP contribution in [0.15, 0.2) is 0 Å². The summed E-state index contributed by atoms with van der Waals surface area (Å²) in [7, 11) is 0. The maximum absolute atomic E-state index is 2.50. The minimum absolute atomic E-state index is 0.221. The molecular formula is C2H8Al3N. The van der Waals surface area contributed by atoms with Crippen LogP contribution in [-0.4, -0.2) is 49.2 Å². The highest BCUT2D eigenvalue weighted by molar-refractivity contribution is 6.58. The first kappa shape index (κ1) is 7.56. The Morgan fingerprint density at radius 2 is 2.33 bits per heavy atom. The van der Waals surface area contributed by atoms with Gasteiger partial charge in [-0.05, 0) is 0 Å². The standard InChI is InChI=1S/2CH3.3Al.N.2H/h2*1H3;;;;;;. The van der Waals surface area contributed by atoms with E-state index < -0.39 is 0 Å². The van der Waals surface area contributed by atoms with Gasteiger partial charge in [0.15, 0.2) is 0 Å². The molecule has 0 spiro atoms. The Hall–Kier alpha value is 1.56. The second kappa shape index (κ2) is 4.71. The molecule has 6 heavy (non-hydrogen) atoms. The molecule has 0 aromatic carbocycles. The molecule has 0 heterocycles. The lowest BCUT2D eigenvalue weighted by atomic mass is 11.9. The van der Waals surface area contributed by atoms with E-state index in [-0.39, 0.29) is 15.4 Å². The van der Waals surface area contributed by atoms with Gasteiger partial charge in [0.2, 0.25) is 16.5 Å². The first-order valence-electron chi connectivity index (χ1n) is 2.18. The topological polar surface area (TPSA) is 3.24 Å². The van der Waals surface area contributed by atoms with Crippen molar-refractivity contribution in [3.05, 3.63) is 0 Å². The predicted molar refractivity (Wildman–Crippen MR) is 33.6 cm³/mol. The quantitative estimate of drug-likeness (QED) is 0.437. The normalized spacial score (nSPS) is 8.50. The molecule has 0 fully saturated rings. The lowest BCUT2D eigenvalue weighted by molar-refractivity contribution is 1.12. The van der Waals surface area contributed by atoms with E-state index in [4.69, 9.17) is 0 Å². The van der Waals surface area contributed by atoms with Gasteiger partial charge in [-0.1, -0.05) is 5.79 Å². The summed E-state index contributed by atoms with van der Waals surface area (Å²) in [6.07, 6.45) is 0. The Morgan fingerprint density at radius 3 is 2.33 bits per heavy atom. The molecule has 0 aromatic rings. The summed E-state index contributed by atoms with van der Waals surface area (Å²) in [6.45, 7) is 0. The fourth-order valence-corrected chi connectivity index (χ4v) is 1.64. The third-order valence-electron chi connectivity index (χ3n) is 0.771. The maximum Gasteiger partial charge on any atom is 0.298 e. The largest absolute Gasteiger partial charge is 0.579 e. The summed E-state index contributed by atoms with van der Waals surface area (Å²) < 4.78 is 2.50. The summed E-state index contributed by atoms with van der Waals surface area (Å²) in [5, 5.41) is 0. The molecule has 0 amide bonds. The molecule has 4 heteroatoms. The summed E-state index contributed by atoms with van der Waals surface area (Å²) in [5.74, 6) is 4.60. The minimum Gasteiger partial charge on any atom is -0.579 e. The van der Waals surface area contributed by atoms with Crippen LogP contribution in [0, 0.1) is 0 Å². The van der Waals surface area contributed by atoms with E-state index >= 15 is 0 Å². The minimum atomic E-state index is 0.221. The van der Waals surface area contributed by atoms with Crippen molar-refractivity contribution in [1.82, 2.24) is 1.85 Å². The van der Waals surface area contributed by atoms with E-state index in [2.05, 4.69) is 13.4 Å². The highest BCUT2D eigenvalue weighted by Gasteiger charge is 1.88. The molecule has 0 saturated carbocycles. The highest BCUT2D eigenvalue weighted by atomic mass is 27.3. The van der Waals surface area contributed by atoms with Crippen LogP contribution < -0.4 is 0 Å². The van der Waals surface area contributed by atoms with Crippen molar-refractivity contribution < 1.29 is 0 Å². The Bertz CT molecular complexity index is 28.0. The van der Waals surface area contributed by atoms with E-state index in [1.54, 1.807) is 0 Å². The first-order chi connectivity index (χ1) is 2.81. The molecule has 0 aromatic heterocycles. The second-order valence-corrected chi connectivity index (χ2v) is 7.02. The average molecular weight is 127 g/mol. The first-order valence-corrected chi connectivity index (χ1v) is 6.53. The van der Waals surface area contributed by atoms with Crippen LogP contribution in [0.3, 0.4) is 0 Å². The maximum atomic E-state index is 2.50. The Morgan fingerprint density at radius 1 is 1.83 bits per heavy atom. The van der Waals surface area contributed by atoms with Gasteiger partial charge >= 0.3 is 0 Å². The van der Waals surface area contributed by atoms with Crippen LogP contribution >= 0.6 is 0 Å². The van der Waals surface area contributed by atoms with Gasteiger partial charge in [-0.3, -0.25) is 0 Å². The van der Waals surface area contributed by atoms with E-state index in [0.717, 1.165) is 0 Å². The zero-order chi connectivity index (χ0) is 4.99. The molecular weight excluding hydrogens is 119 g/mol. The lowest BCUT2D eigenvalue weighted by Gasteiger charge is -2.08. The third-order valence-corrected chi connectivity index (χ3v) is 6.94. The summed E-state index contributed by atoms with van der Waals surface area (Å²) >= 11 is 2.90. The van der Waals surface area contributed by atoms with Crippen molar-refractivity contribution in [1.29, 1.82) is 0 Å². The van der Waals surface area contributed by atoms with Crippen LogP contribution in [0.5, 0.6) is 0 Å². The van der Waals surface area contributed by atoms with Gasteiger partial charge in [0.1, 0.15) is 0 Å². The fourth-order valence-electron chi connectivity index (χ4n) is 0.183. The number of nitrogens with zero attached hydrogens (tertiary/aromatic N) is 1. The van der Waals surface area contributed by atoms with Crippen molar-refractivity contribution in [2.75, 3.05) is 0 Å². The molecule has 0 bridgehead atoms. The van der Waals surface area contributed by atoms with E-state index in [1.807, 2.05) is 16.5 Å². The molecule has 0 rings (SSSR count). The van der Waals surface area contributed by atoms with Crippen molar-refractivity contribution in [3.63, 3.8) is 0 Å².